The molecule has 3 heteroatoms. The zero-order valence-corrected chi connectivity index (χ0v) is 9.47. The summed E-state index contributed by atoms with van der Waals surface area (Å²) in [6, 6.07) is 1.89. The highest BCUT2D eigenvalue weighted by Crippen LogP contribution is 2.19. The number of methoxy groups -OCH3 is 1. The van der Waals surface area contributed by atoms with Crippen molar-refractivity contribution in [1.82, 2.24) is 4.98 Å². The summed E-state index contributed by atoms with van der Waals surface area (Å²) in [6.07, 6.45) is 1.75. The second-order valence-electron chi connectivity index (χ2n) is 1.94. The Morgan fingerprint density at radius 2 is 2.00 bits per heavy atom. The summed E-state index contributed by atoms with van der Waals surface area (Å²) in [4.78, 5) is 4.08. The van der Waals surface area contributed by atoms with Crippen LogP contribution in [0.1, 0.15) is 19.5 Å². The molecular weight excluding hydrogens is 218 g/mol. The first-order chi connectivity index (χ1) is 5.74. The standard InChI is InChI=1S/C7H8BrNO.C2H6/c1-5-7(10-2)3-6(8)4-9-5;1-2/h3-4H,1-2H3;1-2H3. The van der Waals surface area contributed by atoms with Crippen LogP contribution in [0.4, 0.5) is 0 Å². The van der Waals surface area contributed by atoms with E-state index in [1.165, 1.54) is 0 Å². The third kappa shape index (κ3) is 3.22. The molecule has 0 saturated heterocycles. The minimum atomic E-state index is 0.814. The Hall–Kier alpha value is -0.570. The van der Waals surface area contributed by atoms with Gasteiger partial charge in [-0.15, -0.1) is 0 Å². The van der Waals surface area contributed by atoms with Crippen molar-refractivity contribution in [1.29, 1.82) is 0 Å². The van der Waals surface area contributed by atoms with Gasteiger partial charge in [0.1, 0.15) is 5.75 Å². The molecule has 0 amide bonds. The molecule has 0 N–H and O–H groups in total. The number of ether oxygens (including phenoxy) is 1. The van der Waals surface area contributed by atoms with Crippen LogP contribution in [0.3, 0.4) is 0 Å². The van der Waals surface area contributed by atoms with E-state index in [4.69, 9.17) is 4.74 Å². The van der Waals surface area contributed by atoms with Gasteiger partial charge >= 0.3 is 0 Å². The maximum atomic E-state index is 5.03. The lowest BCUT2D eigenvalue weighted by Crippen LogP contribution is -1.89. The van der Waals surface area contributed by atoms with E-state index in [1.54, 1.807) is 13.3 Å². The van der Waals surface area contributed by atoms with Crippen molar-refractivity contribution in [3.8, 4) is 5.75 Å². The van der Waals surface area contributed by atoms with Crippen LogP contribution in [0.15, 0.2) is 16.7 Å². The van der Waals surface area contributed by atoms with E-state index >= 15 is 0 Å². The molecule has 0 saturated carbocycles. The smallest absolute Gasteiger partial charge is 0.141 e. The Balaban J connectivity index is 0.000000561. The van der Waals surface area contributed by atoms with Gasteiger partial charge in [0, 0.05) is 10.7 Å². The van der Waals surface area contributed by atoms with Gasteiger partial charge < -0.3 is 4.74 Å². The Morgan fingerprint density at radius 1 is 1.42 bits per heavy atom. The minimum Gasteiger partial charge on any atom is -0.495 e. The molecule has 0 aliphatic heterocycles. The summed E-state index contributed by atoms with van der Waals surface area (Å²) >= 11 is 3.29. The SMILES string of the molecule is CC.COc1cc(Br)cnc1C. The van der Waals surface area contributed by atoms with Gasteiger partial charge in [-0.2, -0.15) is 0 Å². The van der Waals surface area contributed by atoms with Crippen molar-refractivity contribution >= 4 is 15.9 Å². The second kappa shape index (κ2) is 6.00. The third-order valence-corrected chi connectivity index (χ3v) is 1.66. The summed E-state index contributed by atoms with van der Waals surface area (Å²) in [6.45, 7) is 5.91. The van der Waals surface area contributed by atoms with Gasteiger partial charge in [-0.25, -0.2) is 0 Å². The van der Waals surface area contributed by atoms with Crippen LogP contribution in [0.5, 0.6) is 5.75 Å². The monoisotopic (exact) mass is 231 g/mol. The van der Waals surface area contributed by atoms with Gasteiger partial charge in [0.15, 0.2) is 0 Å². The molecule has 0 spiro atoms. The van der Waals surface area contributed by atoms with Crippen LogP contribution < -0.4 is 4.74 Å². The number of pyridine rings is 1. The molecule has 0 atom stereocenters. The minimum absolute atomic E-state index is 0.814. The molecule has 1 heterocycles. The molecule has 0 aliphatic rings. The van der Waals surface area contributed by atoms with Gasteiger partial charge in [-0.05, 0) is 28.9 Å². The first kappa shape index (κ1) is 11.4. The molecule has 1 aromatic heterocycles. The number of hydrogen-bond acceptors (Lipinski definition) is 2. The molecule has 12 heavy (non-hydrogen) atoms. The number of aromatic nitrogens is 1. The van der Waals surface area contributed by atoms with Crippen LogP contribution in [0, 0.1) is 6.92 Å². The van der Waals surface area contributed by atoms with Crippen LogP contribution in [-0.2, 0) is 0 Å². The highest BCUT2D eigenvalue weighted by Gasteiger charge is 1.97. The Bertz CT molecular complexity index is 238. The van der Waals surface area contributed by atoms with E-state index in [9.17, 15) is 0 Å². The average Bonchev–Trinajstić information content (AvgIpc) is 2.13. The highest BCUT2D eigenvalue weighted by molar-refractivity contribution is 9.10. The van der Waals surface area contributed by atoms with E-state index in [0.717, 1.165) is 15.9 Å². The summed E-state index contributed by atoms with van der Waals surface area (Å²) in [7, 11) is 1.64. The van der Waals surface area contributed by atoms with E-state index in [-0.39, 0.29) is 0 Å². The molecule has 0 fully saturated rings. The normalized spacial score (nSPS) is 8.42. The quantitative estimate of drug-likeness (QED) is 0.741. The molecular formula is C9H14BrNO. The number of rotatable bonds is 1. The fraction of sp³-hybridized carbons (Fsp3) is 0.444. The van der Waals surface area contributed by atoms with E-state index in [0.29, 0.717) is 0 Å². The number of aryl methyl sites for hydroxylation is 1. The van der Waals surface area contributed by atoms with Crippen molar-refractivity contribution in [2.75, 3.05) is 7.11 Å². The molecule has 0 unspecified atom stereocenters. The lowest BCUT2D eigenvalue weighted by atomic mass is 10.3. The van der Waals surface area contributed by atoms with Gasteiger partial charge in [0.25, 0.3) is 0 Å². The Labute approximate surface area is 82.1 Å². The molecule has 0 aromatic carbocycles. The lowest BCUT2D eigenvalue weighted by Gasteiger charge is -2.01. The zero-order chi connectivity index (χ0) is 9.56. The van der Waals surface area contributed by atoms with Crippen LogP contribution in [0.25, 0.3) is 0 Å². The number of hydrogen-bond donors (Lipinski definition) is 0. The summed E-state index contributed by atoms with van der Waals surface area (Å²) in [5.74, 6) is 0.814. The van der Waals surface area contributed by atoms with Gasteiger partial charge in [0.2, 0.25) is 0 Å². The summed E-state index contributed by atoms with van der Waals surface area (Å²) in [5, 5.41) is 0. The van der Waals surface area contributed by atoms with E-state index in [2.05, 4.69) is 20.9 Å². The maximum absolute atomic E-state index is 5.03. The van der Waals surface area contributed by atoms with Crippen molar-refractivity contribution in [3.05, 3.63) is 22.4 Å². The van der Waals surface area contributed by atoms with Gasteiger partial charge in [-0.1, -0.05) is 13.8 Å². The highest BCUT2D eigenvalue weighted by atomic mass is 79.9. The fourth-order valence-corrected chi connectivity index (χ4v) is 1.01. The van der Waals surface area contributed by atoms with Crippen LogP contribution in [0.2, 0.25) is 0 Å². The fourth-order valence-electron chi connectivity index (χ4n) is 0.696. The molecule has 0 radical (unpaired) electrons. The van der Waals surface area contributed by atoms with Crippen molar-refractivity contribution in [2.24, 2.45) is 0 Å². The average molecular weight is 232 g/mol. The van der Waals surface area contributed by atoms with Crippen LogP contribution in [-0.4, -0.2) is 12.1 Å². The van der Waals surface area contributed by atoms with Crippen molar-refractivity contribution < 1.29 is 4.74 Å². The Morgan fingerprint density at radius 3 is 2.42 bits per heavy atom. The van der Waals surface area contributed by atoms with Crippen LogP contribution >= 0.6 is 15.9 Å². The predicted octanol–water partition coefficient (Wildman–Crippen LogP) is 3.19. The lowest BCUT2D eigenvalue weighted by molar-refractivity contribution is 0.409. The van der Waals surface area contributed by atoms with E-state index in [1.807, 2.05) is 26.8 Å². The topological polar surface area (TPSA) is 22.1 Å². The first-order valence-corrected chi connectivity index (χ1v) is 4.69. The summed E-state index contributed by atoms with van der Waals surface area (Å²) in [5.41, 5.74) is 0.908. The molecule has 1 rings (SSSR count). The molecule has 1 aromatic rings. The van der Waals surface area contributed by atoms with Crippen molar-refractivity contribution in [2.45, 2.75) is 20.8 Å². The molecule has 0 bridgehead atoms. The Kier molecular flexibility index (Phi) is 5.72. The van der Waals surface area contributed by atoms with Crippen molar-refractivity contribution in [3.63, 3.8) is 0 Å². The zero-order valence-electron chi connectivity index (χ0n) is 7.89. The molecule has 68 valence electrons. The maximum Gasteiger partial charge on any atom is 0.141 e. The molecule has 2 nitrogen and oxygen atoms in total. The molecule has 0 aliphatic carbocycles. The second-order valence-corrected chi connectivity index (χ2v) is 2.86. The number of halogens is 1. The third-order valence-electron chi connectivity index (χ3n) is 1.23. The predicted molar refractivity (Wildman–Crippen MR) is 54.6 cm³/mol. The largest absolute Gasteiger partial charge is 0.495 e. The first-order valence-electron chi connectivity index (χ1n) is 3.90. The van der Waals surface area contributed by atoms with Gasteiger partial charge in [-0.3, -0.25) is 4.98 Å². The number of nitrogens with zero attached hydrogens (tertiary/aromatic N) is 1. The van der Waals surface area contributed by atoms with Gasteiger partial charge in [0.05, 0.1) is 12.8 Å². The van der Waals surface area contributed by atoms with E-state index < -0.39 is 0 Å². The summed E-state index contributed by atoms with van der Waals surface area (Å²) < 4.78 is 5.97.